The highest BCUT2D eigenvalue weighted by Gasteiger charge is 2.17. The number of ether oxygens (including phenoxy) is 3. The third-order valence-electron chi connectivity index (χ3n) is 3.86. The van der Waals surface area contributed by atoms with Gasteiger partial charge in [0.2, 0.25) is 5.75 Å². The van der Waals surface area contributed by atoms with Crippen LogP contribution in [0, 0.1) is 0 Å². The summed E-state index contributed by atoms with van der Waals surface area (Å²) in [4.78, 5) is 12.8. The van der Waals surface area contributed by atoms with Crippen molar-refractivity contribution in [3.63, 3.8) is 0 Å². The van der Waals surface area contributed by atoms with Crippen LogP contribution in [0.2, 0.25) is 0 Å². The number of methoxy groups -OCH3 is 3. The van der Waals surface area contributed by atoms with E-state index in [0.29, 0.717) is 28.4 Å². The Hall–Kier alpha value is -3.21. The number of phenols is 1. The van der Waals surface area contributed by atoms with Gasteiger partial charge in [-0.1, -0.05) is 24.3 Å². The molecule has 0 atom stereocenters. The van der Waals surface area contributed by atoms with Crippen LogP contribution in [0.1, 0.15) is 22.8 Å². The van der Waals surface area contributed by atoms with E-state index in [2.05, 4.69) is 6.58 Å². The van der Waals surface area contributed by atoms with Gasteiger partial charge in [0.15, 0.2) is 17.3 Å². The molecule has 0 aliphatic heterocycles. The Morgan fingerprint density at radius 1 is 0.962 bits per heavy atom. The van der Waals surface area contributed by atoms with Gasteiger partial charge in [-0.2, -0.15) is 0 Å². The quantitative estimate of drug-likeness (QED) is 0.457. The van der Waals surface area contributed by atoms with E-state index in [1.54, 1.807) is 36.4 Å². The van der Waals surface area contributed by atoms with E-state index in [9.17, 15) is 9.90 Å². The Balaban J connectivity index is 2.50. The van der Waals surface area contributed by atoms with Crippen molar-refractivity contribution < 1.29 is 24.1 Å². The fourth-order valence-corrected chi connectivity index (χ4v) is 2.53. The summed E-state index contributed by atoms with van der Waals surface area (Å²) < 4.78 is 15.9. The predicted octanol–water partition coefficient (Wildman–Crippen LogP) is 4.26. The zero-order chi connectivity index (χ0) is 19.3. The van der Waals surface area contributed by atoms with Crippen LogP contribution < -0.4 is 14.2 Å². The first-order chi connectivity index (χ1) is 12.4. The second-order valence-corrected chi connectivity index (χ2v) is 5.66. The smallest absolute Gasteiger partial charge is 0.203 e. The van der Waals surface area contributed by atoms with Crippen molar-refractivity contribution in [1.29, 1.82) is 0 Å². The lowest BCUT2D eigenvalue weighted by molar-refractivity contribution is 0.104. The number of hydrogen-bond acceptors (Lipinski definition) is 5. The van der Waals surface area contributed by atoms with Crippen LogP contribution >= 0.6 is 0 Å². The molecule has 0 fully saturated rings. The molecule has 0 bridgehead atoms. The summed E-state index contributed by atoms with van der Waals surface area (Å²) in [6.45, 7) is 5.76. The number of carbonyl (C=O) groups is 1. The number of benzene rings is 2. The molecule has 0 amide bonds. The SMILES string of the molecule is C=C(C)C(=CC(=O)c1cc(OC)c(OC)c(OC)c1)c1ccc(O)cc1. The zero-order valence-electron chi connectivity index (χ0n) is 15.3. The van der Waals surface area contributed by atoms with Gasteiger partial charge in [-0.05, 0) is 48.4 Å². The van der Waals surface area contributed by atoms with E-state index < -0.39 is 0 Å². The van der Waals surface area contributed by atoms with Crippen LogP contribution in [0.3, 0.4) is 0 Å². The van der Waals surface area contributed by atoms with Crippen LogP contribution in [0.25, 0.3) is 5.57 Å². The maximum absolute atomic E-state index is 12.8. The number of rotatable bonds is 7. The standard InChI is InChI=1S/C21H22O5/c1-13(2)17(14-6-8-16(22)9-7-14)12-18(23)15-10-19(24-3)21(26-5)20(11-15)25-4/h6-12,22H,1H2,2-5H3. The average Bonchev–Trinajstić information content (AvgIpc) is 2.65. The van der Waals surface area contributed by atoms with Gasteiger partial charge in [0.1, 0.15) is 5.75 Å². The van der Waals surface area contributed by atoms with Crippen molar-refractivity contribution in [3.05, 3.63) is 65.8 Å². The summed E-state index contributed by atoms with van der Waals surface area (Å²) in [5, 5.41) is 9.45. The second-order valence-electron chi connectivity index (χ2n) is 5.66. The number of aromatic hydroxyl groups is 1. The molecule has 0 saturated heterocycles. The van der Waals surface area contributed by atoms with Crippen molar-refractivity contribution in [3.8, 4) is 23.0 Å². The summed E-state index contributed by atoms with van der Waals surface area (Å²) in [7, 11) is 4.50. The van der Waals surface area contributed by atoms with Crippen molar-refractivity contribution in [2.24, 2.45) is 0 Å². The van der Waals surface area contributed by atoms with Gasteiger partial charge >= 0.3 is 0 Å². The molecule has 0 aliphatic carbocycles. The van der Waals surface area contributed by atoms with Crippen LogP contribution in [0.15, 0.2) is 54.6 Å². The highest BCUT2D eigenvalue weighted by Crippen LogP contribution is 2.38. The lowest BCUT2D eigenvalue weighted by Gasteiger charge is -2.13. The Labute approximate surface area is 153 Å². The van der Waals surface area contributed by atoms with Crippen molar-refractivity contribution in [1.82, 2.24) is 0 Å². The third kappa shape index (κ3) is 4.06. The minimum atomic E-state index is -0.227. The number of phenolic OH excluding ortho intramolecular Hbond substituents is 1. The van der Waals surface area contributed by atoms with Crippen LogP contribution in [0.4, 0.5) is 0 Å². The Morgan fingerprint density at radius 3 is 1.92 bits per heavy atom. The van der Waals surface area contributed by atoms with Gasteiger partial charge in [-0.25, -0.2) is 0 Å². The first-order valence-corrected chi connectivity index (χ1v) is 7.92. The summed E-state index contributed by atoms with van der Waals surface area (Å²) in [5.41, 5.74) is 2.60. The highest BCUT2D eigenvalue weighted by molar-refractivity contribution is 6.10. The molecule has 0 aliphatic rings. The summed E-state index contributed by atoms with van der Waals surface area (Å²) in [6, 6.07) is 9.81. The fourth-order valence-electron chi connectivity index (χ4n) is 2.53. The summed E-state index contributed by atoms with van der Waals surface area (Å²) >= 11 is 0. The van der Waals surface area contributed by atoms with Crippen LogP contribution in [-0.2, 0) is 0 Å². The number of allylic oxidation sites excluding steroid dienone is 3. The summed E-state index contributed by atoms with van der Waals surface area (Å²) in [5.74, 6) is 1.17. The van der Waals surface area contributed by atoms with Gasteiger partial charge in [-0.3, -0.25) is 4.79 Å². The van der Waals surface area contributed by atoms with Crippen molar-refractivity contribution >= 4 is 11.4 Å². The summed E-state index contributed by atoms with van der Waals surface area (Å²) in [6.07, 6.45) is 1.51. The maximum Gasteiger partial charge on any atom is 0.203 e. The lowest BCUT2D eigenvalue weighted by Crippen LogP contribution is -2.02. The third-order valence-corrected chi connectivity index (χ3v) is 3.86. The minimum Gasteiger partial charge on any atom is -0.508 e. The van der Waals surface area contributed by atoms with Gasteiger partial charge in [0.25, 0.3) is 0 Å². The van der Waals surface area contributed by atoms with Gasteiger partial charge in [0, 0.05) is 5.56 Å². The molecular formula is C21H22O5. The molecule has 2 aromatic rings. The molecule has 0 radical (unpaired) electrons. The normalized spacial score (nSPS) is 11.0. The van der Waals surface area contributed by atoms with Crippen molar-refractivity contribution in [2.75, 3.05) is 21.3 Å². The molecule has 0 heterocycles. The number of hydrogen-bond donors (Lipinski definition) is 1. The molecule has 0 aromatic heterocycles. The zero-order valence-corrected chi connectivity index (χ0v) is 15.3. The van der Waals surface area contributed by atoms with Crippen molar-refractivity contribution in [2.45, 2.75) is 6.92 Å². The predicted molar refractivity (Wildman–Crippen MR) is 101 cm³/mol. The number of ketones is 1. The first-order valence-electron chi connectivity index (χ1n) is 7.92. The average molecular weight is 354 g/mol. The largest absolute Gasteiger partial charge is 0.508 e. The van der Waals surface area contributed by atoms with E-state index in [0.717, 1.165) is 11.1 Å². The van der Waals surface area contributed by atoms with E-state index in [4.69, 9.17) is 14.2 Å². The Kier molecular flexibility index (Phi) is 6.07. The molecule has 1 N–H and O–H groups in total. The molecule has 136 valence electrons. The molecule has 2 rings (SSSR count). The van der Waals surface area contributed by atoms with Gasteiger partial charge in [0.05, 0.1) is 21.3 Å². The molecule has 5 heteroatoms. The van der Waals surface area contributed by atoms with E-state index >= 15 is 0 Å². The van der Waals surface area contributed by atoms with Gasteiger partial charge in [-0.15, -0.1) is 0 Å². The molecule has 2 aromatic carbocycles. The van der Waals surface area contributed by atoms with Crippen LogP contribution in [-0.4, -0.2) is 32.2 Å². The van der Waals surface area contributed by atoms with E-state index in [1.807, 2.05) is 6.92 Å². The van der Waals surface area contributed by atoms with Crippen LogP contribution in [0.5, 0.6) is 23.0 Å². The molecule has 26 heavy (non-hydrogen) atoms. The lowest BCUT2D eigenvalue weighted by atomic mass is 9.97. The maximum atomic E-state index is 12.8. The van der Waals surface area contributed by atoms with Gasteiger partial charge < -0.3 is 19.3 Å². The minimum absolute atomic E-state index is 0.158. The monoisotopic (exact) mass is 354 g/mol. The molecule has 0 unspecified atom stereocenters. The number of carbonyl (C=O) groups excluding carboxylic acids is 1. The highest BCUT2D eigenvalue weighted by atomic mass is 16.5. The van der Waals surface area contributed by atoms with E-state index in [-0.39, 0.29) is 11.5 Å². The molecule has 0 saturated carbocycles. The molecule has 5 nitrogen and oxygen atoms in total. The Morgan fingerprint density at radius 2 is 1.50 bits per heavy atom. The fraction of sp³-hybridized carbons (Fsp3) is 0.190. The van der Waals surface area contributed by atoms with E-state index in [1.165, 1.54) is 27.4 Å². The second kappa shape index (κ2) is 8.25. The topological polar surface area (TPSA) is 65.0 Å². The molecular weight excluding hydrogens is 332 g/mol. The first kappa shape index (κ1) is 19.1. The molecule has 0 spiro atoms. The Bertz CT molecular complexity index is 822.